The summed E-state index contributed by atoms with van der Waals surface area (Å²) in [5.41, 5.74) is 2.67. The molecule has 34 heavy (non-hydrogen) atoms. The molecule has 0 bridgehead atoms. The van der Waals surface area contributed by atoms with Crippen LogP contribution in [0.25, 0.3) is 21.8 Å². The van der Waals surface area contributed by atoms with Gasteiger partial charge in [-0.1, -0.05) is 24.3 Å². The molecule has 0 unspecified atom stereocenters. The zero-order chi connectivity index (χ0) is 23.7. The zero-order valence-corrected chi connectivity index (χ0v) is 17.7. The van der Waals surface area contributed by atoms with Gasteiger partial charge in [0.2, 0.25) is 0 Å². The molecule has 2 heterocycles. The smallest absolute Gasteiger partial charge is 0.335 e. The van der Waals surface area contributed by atoms with Crippen molar-refractivity contribution in [1.29, 1.82) is 0 Å². The van der Waals surface area contributed by atoms with Crippen LogP contribution in [0.1, 0.15) is 20.7 Å². The van der Waals surface area contributed by atoms with E-state index in [0.29, 0.717) is 33.4 Å². The van der Waals surface area contributed by atoms with Crippen LogP contribution in [0.5, 0.6) is 0 Å². The number of nitrogens with one attached hydrogen (secondary N) is 3. The average Bonchev–Trinajstić information content (AvgIpc) is 2.85. The van der Waals surface area contributed by atoms with Crippen LogP contribution in [0.2, 0.25) is 0 Å². The molecule has 5 aromatic rings. The van der Waals surface area contributed by atoms with Gasteiger partial charge in [0.05, 0.1) is 11.3 Å². The van der Waals surface area contributed by atoms with E-state index >= 15 is 0 Å². The molecule has 0 aliphatic heterocycles. The van der Waals surface area contributed by atoms with Crippen molar-refractivity contribution in [3.8, 4) is 0 Å². The number of aromatic amines is 1. The first-order chi connectivity index (χ1) is 16.5. The minimum absolute atomic E-state index is 0.0314. The summed E-state index contributed by atoms with van der Waals surface area (Å²) in [6, 6.07) is 22.4. The van der Waals surface area contributed by atoms with Gasteiger partial charge in [0.15, 0.2) is 0 Å². The van der Waals surface area contributed by atoms with Gasteiger partial charge in [0.1, 0.15) is 5.65 Å². The standard InChI is InChI=1S/C26H18N4O4/c31-24(15-4-2-1-3-5-15)29-18-9-7-17(8-10-18)28-21-12-13-27-23-22(21)19-11-6-16(26(33)34)14-20(19)25(32)30-23/h1-14H,(H,29,31)(H,33,34)(H2,27,28,30,32). The Morgan fingerprint density at radius 2 is 1.56 bits per heavy atom. The number of anilines is 3. The summed E-state index contributed by atoms with van der Waals surface area (Å²) >= 11 is 0. The van der Waals surface area contributed by atoms with Crippen molar-refractivity contribution in [2.45, 2.75) is 0 Å². The van der Waals surface area contributed by atoms with Gasteiger partial charge in [-0.15, -0.1) is 0 Å². The van der Waals surface area contributed by atoms with E-state index in [1.807, 2.05) is 18.2 Å². The predicted octanol–water partition coefficient (Wildman–Crippen LogP) is 4.77. The van der Waals surface area contributed by atoms with E-state index in [1.54, 1.807) is 54.7 Å². The van der Waals surface area contributed by atoms with Gasteiger partial charge < -0.3 is 20.7 Å². The molecule has 3 aromatic carbocycles. The van der Waals surface area contributed by atoms with E-state index in [4.69, 9.17) is 0 Å². The number of benzene rings is 3. The molecule has 0 saturated heterocycles. The third-order valence-electron chi connectivity index (χ3n) is 5.42. The van der Waals surface area contributed by atoms with Crippen molar-refractivity contribution >= 4 is 50.7 Å². The highest BCUT2D eigenvalue weighted by Crippen LogP contribution is 2.30. The fraction of sp³-hybridized carbons (Fsp3) is 0. The molecule has 8 nitrogen and oxygen atoms in total. The van der Waals surface area contributed by atoms with E-state index in [-0.39, 0.29) is 16.9 Å². The number of fused-ring (bicyclic) bond motifs is 3. The summed E-state index contributed by atoms with van der Waals surface area (Å²) in [6.45, 7) is 0. The quantitative estimate of drug-likeness (QED) is 0.286. The lowest BCUT2D eigenvalue weighted by Gasteiger charge is -2.12. The number of pyridine rings is 2. The van der Waals surface area contributed by atoms with Crippen molar-refractivity contribution in [2.24, 2.45) is 0 Å². The summed E-state index contributed by atoms with van der Waals surface area (Å²) < 4.78 is 0. The number of hydrogen-bond donors (Lipinski definition) is 4. The molecular formula is C26H18N4O4. The molecule has 0 fully saturated rings. The summed E-state index contributed by atoms with van der Waals surface area (Å²) in [7, 11) is 0. The number of carboxylic acid groups (broad SMARTS) is 1. The lowest BCUT2D eigenvalue weighted by Crippen LogP contribution is -2.11. The van der Waals surface area contributed by atoms with E-state index in [1.165, 1.54) is 12.1 Å². The number of aromatic nitrogens is 2. The van der Waals surface area contributed by atoms with Crippen molar-refractivity contribution in [2.75, 3.05) is 10.6 Å². The van der Waals surface area contributed by atoms with Crippen LogP contribution >= 0.6 is 0 Å². The van der Waals surface area contributed by atoms with Gasteiger partial charge in [-0.25, -0.2) is 9.78 Å². The molecule has 5 rings (SSSR count). The molecule has 166 valence electrons. The molecule has 1 amide bonds. The van der Waals surface area contributed by atoms with Gasteiger partial charge in [-0.2, -0.15) is 0 Å². The molecule has 0 radical (unpaired) electrons. The summed E-state index contributed by atoms with van der Waals surface area (Å²) in [5, 5.41) is 17.0. The van der Waals surface area contributed by atoms with Crippen LogP contribution in [-0.2, 0) is 0 Å². The first-order valence-electron chi connectivity index (χ1n) is 10.4. The van der Waals surface area contributed by atoms with E-state index in [0.717, 1.165) is 5.69 Å². The van der Waals surface area contributed by atoms with Crippen molar-refractivity contribution in [3.63, 3.8) is 0 Å². The number of rotatable bonds is 5. The summed E-state index contributed by atoms with van der Waals surface area (Å²) in [5.74, 6) is -1.30. The highest BCUT2D eigenvalue weighted by atomic mass is 16.4. The lowest BCUT2D eigenvalue weighted by atomic mass is 10.0. The number of H-pyrrole nitrogens is 1. The van der Waals surface area contributed by atoms with Gasteiger partial charge in [-0.3, -0.25) is 9.59 Å². The highest BCUT2D eigenvalue weighted by Gasteiger charge is 2.13. The van der Waals surface area contributed by atoms with Gasteiger partial charge in [0, 0.05) is 39.3 Å². The second-order valence-electron chi connectivity index (χ2n) is 7.62. The van der Waals surface area contributed by atoms with Crippen molar-refractivity contribution in [3.05, 3.63) is 107 Å². The maximum atomic E-state index is 12.5. The van der Waals surface area contributed by atoms with Gasteiger partial charge >= 0.3 is 5.97 Å². The van der Waals surface area contributed by atoms with E-state index in [2.05, 4.69) is 20.6 Å². The van der Waals surface area contributed by atoms with Gasteiger partial charge in [-0.05, 0) is 54.6 Å². The lowest BCUT2D eigenvalue weighted by molar-refractivity contribution is 0.0697. The Bertz CT molecular complexity index is 1610. The number of amides is 1. The number of carboxylic acids is 1. The summed E-state index contributed by atoms with van der Waals surface area (Å²) in [4.78, 5) is 43.2. The number of hydrogen-bond acceptors (Lipinski definition) is 5. The molecule has 0 aliphatic carbocycles. The predicted molar refractivity (Wildman–Crippen MR) is 131 cm³/mol. The Morgan fingerprint density at radius 1 is 0.824 bits per heavy atom. The fourth-order valence-electron chi connectivity index (χ4n) is 3.78. The molecule has 2 aromatic heterocycles. The van der Waals surface area contributed by atoms with Crippen LogP contribution in [0.3, 0.4) is 0 Å². The third kappa shape index (κ3) is 3.95. The molecule has 4 N–H and O–H groups in total. The molecular weight excluding hydrogens is 432 g/mol. The average molecular weight is 450 g/mol. The Balaban J connectivity index is 1.47. The summed E-state index contributed by atoms with van der Waals surface area (Å²) in [6.07, 6.45) is 1.58. The molecule has 0 saturated carbocycles. The van der Waals surface area contributed by atoms with E-state index < -0.39 is 11.5 Å². The second-order valence-corrected chi connectivity index (χ2v) is 7.62. The molecule has 8 heteroatoms. The van der Waals surface area contributed by atoms with Crippen molar-refractivity contribution < 1.29 is 14.7 Å². The first kappa shape index (κ1) is 20.9. The maximum Gasteiger partial charge on any atom is 0.335 e. The zero-order valence-electron chi connectivity index (χ0n) is 17.7. The number of aromatic carboxylic acids is 1. The van der Waals surface area contributed by atoms with Gasteiger partial charge in [0.25, 0.3) is 11.5 Å². The monoisotopic (exact) mass is 450 g/mol. The fourth-order valence-corrected chi connectivity index (χ4v) is 3.78. The Labute approximate surface area is 192 Å². The van der Waals surface area contributed by atoms with Crippen LogP contribution in [0, 0.1) is 0 Å². The van der Waals surface area contributed by atoms with Crippen molar-refractivity contribution in [1.82, 2.24) is 9.97 Å². The number of carbonyl (C=O) groups excluding carboxylic acids is 1. The normalized spacial score (nSPS) is 10.8. The second kappa shape index (κ2) is 8.51. The largest absolute Gasteiger partial charge is 0.478 e. The SMILES string of the molecule is O=C(O)c1ccc2c(c1)c(=O)[nH]c1nccc(Nc3ccc(NC(=O)c4ccccc4)cc3)c12. The minimum Gasteiger partial charge on any atom is -0.478 e. The Morgan fingerprint density at radius 3 is 2.29 bits per heavy atom. The van der Waals surface area contributed by atoms with Crippen LogP contribution in [0.15, 0.2) is 89.9 Å². The van der Waals surface area contributed by atoms with E-state index in [9.17, 15) is 19.5 Å². The Hall–Kier alpha value is -4.98. The van der Waals surface area contributed by atoms with Crippen LogP contribution < -0.4 is 16.2 Å². The minimum atomic E-state index is -1.11. The first-order valence-corrected chi connectivity index (χ1v) is 10.4. The number of nitrogens with zero attached hydrogens (tertiary/aromatic N) is 1. The number of carbonyl (C=O) groups is 2. The molecule has 0 spiro atoms. The maximum absolute atomic E-state index is 12.5. The molecule has 0 atom stereocenters. The topological polar surface area (TPSA) is 124 Å². The highest BCUT2D eigenvalue weighted by molar-refractivity contribution is 6.12. The van der Waals surface area contributed by atoms with Crippen LogP contribution in [-0.4, -0.2) is 27.0 Å². The third-order valence-corrected chi connectivity index (χ3v) is 5.42. The molecule has 0 aliphatic rings. The Kier molecular flexibility index (Phi) is 5.23. The van der Waals surface area contributed by atoms with Crippen LogP contribution in [0.4, 0.5) is 17.1 Å².